The third kappa shape index (κ3) is 4.58. The number of phenolic OH excluding ortho intramolecular Hbond substituents is 1. The lowest BCUT2D eigenvalue weighted by Crippen LogP contribution is -2.32. The number of H-pyrrole nitrogens is 1. The molecule has 3 N–H and O–H groups in total. The molecule has 1 atom stereocenters. The molecule has 1 aliphatic rings. The number of ether oxygens (including phenoxy) is 2. The number of nitrogens with one attached hydrogen (secondary N) is 1. The van der Waals surface area contributed by atoms with Gasteiger partial charge in [0, 0.05) is 17.7 Å². The maximum absolute atomic E-state index is 13.3. The Labute approximate surface area is 205 Å². The number of β-amino-alcohol motifs (C(OH)–C–C–N with tert-alkyl or cyclic N) is 1. The van der Waals surface area contributed by atoms with Gasteiger partial charge in [0.2, 0.25) is 0 Å². The van der Waals surface area contributed by atoms with Gasteiger partial charge >= 0.3 is 0 Å². The quantitative estimate of drug-likeness (QED) is 0.369. The SMILES string of the molecule is CCCCOc1ccc(C2c3c(-c4c(C)cc(C)cc4O)n[nH]c3C(=O)N2CCO)cc1OCC. The largest absolute Gasteiger partial charge is 0.507 e. The first-order valence-electron chi connectivity index (χ1n) is 12.1. The van der Waals surface area contributed by atoms with Gasteiger partial charge in [-0.2, -0.15) is 5.10 Å². The number of carbonyl (C=O) groups is 1. The summed E-state index contributed by atoms with van der Waals surface area (Å²) in [6.07, 6.45) is 1.97. The van der Waals surface area contributed by atoms with E-state index in [9.17, 15) is 15.0 Å². The Hall–Kier alpha value is -3.52. The third-order valence-corrected chi connectivity index (χ3v) is 6.24. The number of aromatic nitrogens is 2. The Bertz CT molecular complexity index is 1200. The minimum atomic E-state index is -0.512. The van der Waals surface area contributed by atoms with Crippen molar-refractivity contribution in [2.75, 3.05) is 26.4 Å². The van der Waals surface area contributed by atoms with Gasteiger partial charge in [0.25, 0.3) is 5.91 Å². The summed E-state index contributed by atoms with van der Waals surface area (Å²) in [6.45, 7) is 8.89. The topological polar surface area (TPSA) is 108 Å². The molecule has 8 heteroatoms. The van der Waals surface area contributed by atoms with Gasteiger partial charge < -0.3 is 24.6 Å². The van der Waals surface area contributed by atoms with Crippen molar-refractivity contribution >= 4 is 5.91 Å². The van der Waals surface area contributed by atoms with E-state index in [0.717, 1.165) is 29.5 Å². The van der Waals surface area contributed by atoms with E-state index in [1.165, 1.54) is 0 Å². The van der Waals surface area contributed by atoms with E-state index in [1.54, 1.807) is 11.0 Å². The molecule has 35 heavy (non-hydrogen) atoms. The highest BCUT2D eigenvalue weighted by Crippen LogP contribution is 2.46. The van der Waals surface area contributed by atoms with Crippen LogP contribution in [0.5, 0.6) is 17.2 Å². The van der Waals surface area contributed by atoms with Crippen LogP contribution in [-0.4, -0.2) is 57.6 Å². The average Bonchev–Trinajstić information content (AvgIpc) is 3.34. The van der Waals surface area contributed by atoms with Crippen LogP contribution in [0.25, 0.3) is 11.3 Å². The fourth-order valence-electron chi connectivity index (χ4n) is 4.73. The van der Waals surface area contributed by atoms with Crippen molar-refractivity contribution in [1.82, 2.24) is 15.1 Å². The normalized spacial score (nSPS) is 14.9. The number of hydrogen-bond acceptors (Lipinski definition) is 6. The zero-order valence-electron chi connectivity index (χ0n) is 20.7. The highest BCUT2D eigenvalue weighted by Gasteiger charge is 2.42. The summed E-state index contributed by atoms with van der Waals surface area (Å²) in [5.41, 5.74) is 4.75. The number of aromatic amines is 1. The summed E-state index contributed by atoms with van der Waals surface area (Å²) in [6, 6.07) is 8.83. The lowest BCUT2D eigenvalue weighted by atomic mass is 9.93. The number of unbranched alkanes of at least 4 members (excludes halogenated alkanes) is 1. The fourth-order valence-corrected chi connectivity index (χ4v) is 4.73. The second-order valence-electron chi connectivity index (χ2n) is 8.80. The molecule has 3 aromatic rings. The van der Waals surface area contributed by atoms with Crippen molar-refractivity contribution in [3.8, 4) is 28.5 Å². The first-order valence-corrected chi connectivity index (χ1v) is 12.1. The predicted octanol–water partition coefficient (Wildman–Crippen LogP) is 4.51. The minimum Gasteiger partial charge on any atom is -0.507 e. The van der Waals surface area contributed by atoms with Crippen molar-refractivity contribution in [2.45, 2.75) is 46.6 Å². The average molecular weight is 480 g/mol. The van der Waals surface area contributed by atoms with Crippen LogP contribution in [0.15, 0.2) is 30.3 Å². The maximum atomic E-state index is 13.3. The highest BCUT2D eigenvalue weighted by atomic mass is 16.5. The fraction of sp³-hybridized carbons (Fsp3) is 0.407. The zero-order chi connectivity index (χ0) is 25.1. The van der Waals surface area contributed by atoms with Crippen LogP contribution < -0.4 is 9.47 Å². The minimum absolute atomic E-state index is 0.110. The predicted molar refractivity (Wildman–Crippen MR) is 133 cm³/mol. The molecule has 0 aliphatic carbocycles. The van der Waals surface area contributed by atoms with Gasteiger partial charge in [-0.3, -0.25) is 9.89 Å². The number of rotatable bonds is 10. The van der Waals surface area contributed by atoms with Crippen LogP contribution in [0.2, 0.25) is 0 Å². The van der Waals surface area contributed by atoms with E-state index in [1.807, 2.05) is 45.0 Å². The van der Waals surface area contributed by atoms with Crippen molar-refractivity contribution in [2.24, 2.45) is 0 Å². The van der Waals surface area contributed by atoms with Gasteiger partial charge in [-0.05, 0) is 62.1 Å². The van der Waals surface area contributed by atoms with Crippen molar-refractivity contribution in [1.29, 1.82) is 0 Å². The molecule has 2 heterocycles. The van der Waals surface area contributed by atoms with E-state index in [4.69, 9.17) is 9.47 Å². The summed E-state index contributed by atoms with van der Waals surface area (Å²) in [4.78, 5) is 14.9. The number of phenols is 1. The van der Waals surface area contributed by atoms with Gasteiger partial charge in [-0.25, -0.2) is 0 Å². The Morgan fingerprint density at radius 1 is 1.11 bits per heavy atom. The molecule has 2 aromatic carbocycles. The Morgan fingerprint density at radius 2 is 1.91 bits per heavy atom. The second kappa shape index (κ2) is 10.4. The number of carbonyl (C=O) groups excluding carboxylic acids is 1. The molecule has 0 saturated heterocycles. The van der Waals surface area contributed by atoms with Crippen LogP contribution in [0, 0.1) is 13.8 Å². The van der Waals surface area contributed by atoms with E-state index in [0.29, 0.717) is 47.2 Å². The number of nitrogens with zero attached hydrogens (tertiary/aromatic N) is 2. The molecule has 0 radical (unpaired) electrons. The maximum Gasteiger partial charge on any atom is 0.273 e. The summed E-state index contributed by atoms with van der Waals surface area (Å²) < 4.78 is 11.8. The number of fused-ring (bicyclic) bond motifs is 1. The van der Waals surface area contributed by atoms with Gasteiger partial charge in [0.1, 0.15) is 17.1 Å². The van der Waals surface area contributed by atoms with Crippen LogP contribution in [-0.2, 0) is 0 Å². The molecule has 1 aromatic heterocycles. The lowest BCUT2D eigenvalue weighted by Gasteiger charge is -2.26. The molecule has 0 spiro atoms. The Kier molecular flexibility index (Phi) is 7.31. The van der Waals surface area contributed by atoms with Crippen molar-refractivity contribution < 1.29 is 24.5 Å². The molecule has 8 nitrogen and oxygen atoms in total. The molecule has 1 amide bonds. The van der Waals surface area contributed by atoms with E-state index in [2.05, 4.69) is 17.1 Å². The Morgan fingerprint density at radius 3 is 2.60 bits per heavy atom. The summed E-state index contributed by atoms with van der Waals surface area (Å²) in [5.74, 6) is 1.12. The summed E-state index contributed by atoms with van der Waals surface area (Å²) in [7, 11) is 0. The molecule has 186 valence electrons. The van der Waals surface area contributed by atoms with Crippen LogP contribution in [0.3, 0.4) is 0 Å². The number of aryl methyl sites for hydroxylation is 2. The number of amides is 1. The van der Waals surface area contributed by atoms with Gasteiger partial charge in [0.15, 0.2) is 11.5 Å². The molecule has 0 saturated carbocycles. The molecule has 4 rings (SSSR count). The number of hydrogen-bond donors (Lipinski definition) is 3. The summed E-state index contributed by atoms with van der Waals surface area (Å²) in [5, 5.41) is 27.9. The number of aliphatic hydroxyl groups excluding tert-OH is 1. The lowest BCUT2D eigenvalue weighted by molar-refractivity contribution is 0.0706. The molecule has 1 unspecified atom stereocenters. The number of aromatic hydroxyl groups is 1. The highest BCUT2D eigenvalue weighted by molar-refractivity contribution is 6.00. The van der Waals surface area contributed by atoms with Gasteiger partial charge in [0.05, 0.1) is 25.9 Å². The van der Waals surface area contributed by atoms with E-state index < -0.39 is 6.04 Å². The first-order chi connectivity index (χ1) is 16.9. The first kappa shape index (κ1) is 24.6. The van der Waals surface area contributed by atoms with Crippen LogP contribution in [0.1, 0.15) is 65.5 Å². The van der Waals surface area contributed by atoms with Gasteiger partial charge in [-0.15, -0.1) is 0 Å². The monoisotopic (exact) mass is 479 g/mol. The molecule has 1 aliphatic heterocycles. The van der Waals surface area contributed by atoms with Crippen LogP contribution in [0.4, 0.5) is 0 Å². The number of aliphatic hydroxyl groups is 1. The summed E-state index contributed by atoms with van der Waals surface area (Å²) >= 11 is 0. The molecular formula is C27H33N3O5. The Balaban J connectivity index is 1.85. The van der Waals surface area contributed by atoms with Gasteiger partial charge in [-0.1, -0.05) is 25.5 Å². The standard InChI is InChI=1S/C27H33N3O5/c1-5-7-12-35-20-9-8-18(15-21(20)34-6-2)26-23-24(22-17(4)13-16(3)14-19(22)32)28-29-25(23)27(33)30(26)10-11-31/h8-9,13-15,26,31-32H,5-7,10-12H2,1-4H3,(H,28,29). The zero-order valence-corrected chi connectivity index (χ0v) is 20.7. The van der Waals surface area contributed by atoms with E-state index >= 15 is 0 Å². The second-order valence-corrected chi connectivity index (χ2v) is 8.80. The molecule has 0 bridgehead atoms. The molecular weight excluding hydrogens is 446 g/mol. The molecule has 0 fully saturated rings. The van der Waals surface area contributed by atoms with Crippen molar-refractivity contribution in [3.05, 3.63) is 58.3 Å². The smallest absolute Gasteiger partial charge is 0.273 e. The number of benzene rings is 2. The third-order valence-electron chi connectivity index (χ3n) is 6.24. The van der Waals surface area contributed by atoms with E-state index in [-0.39, 0.29) is 24.8 Å². The van der Waals surface area contributed by atoms with Crippen molar-refractivity contribution in [3.63, 3.8) is 0 Å². The van der Waals surface area contributed by atoms with Crippen LogP contribution >= 0.6 is 0 Å².